The third kappa shape index (κ3) is 3.44. The number of hydrogen-bond donors (Lipinski definition) is 2. The first-order valence-corrected chi connectivity index (χ1v) is 6.63. The van der Waals surface area contributed by atoms with Crippen molar-refractivity contribution >= 4 is 5.84 Å². The molecule has 3 N–H and O–H groups in total. The zero-order valence-corrected chi connectivity index (χ0v) is 11.2. The van der Waals surface area contributed by atoms with Crippen LogP contribution in [0.3, 0.4) is 0 Å². The highest BCUT2D eigenvalue weighted by molar-refractivity contribution is 5.98. The van der Waals surface area contributed by atoms with Crippen molar-refractivity contribution in [1.82, 2.24) is 5.43 Å². The molecule has 1 aliphatic rings. The van der Waals surface area contributed by atoms with Crippen LogP contribution in [0.1, 0.15) is 37.7 Å². The Morgan fingerprint density at radius 1 is 1.37 bits per heavy atom. The van der Waals surface area contributed by atoms with Crippen LogP contribution in [0.15, 0.2) is 23.2 Å². The average Bonchev–Trinajstić information content (AvgIpc) is 2.46. The van der Waals surface area contributed by atoms with Crippen LogP contribution in [0.5, 0.6) is 5.75 Å². The minimum atomic E-state index is -0.411. The highest BCUT2D eigenvalue weighted by Gasteiger charge is 2.14. The third-order valence-electron chi connectivity index (χ3n) is 3.45. The maximum Gasteiger partial charge on any atom is 0.165 e. The number of halogens is 1. The summed E-state index contributed by atoms with van der Waals surface area (Å²) in [5.41, 5.74) is 3.22. The Morgan fingerprint density at radius 2 is 2.11 bits per heavy atom. The molecule has 0 aromatic heterocycles. The first-order chi connectivity index (χ1) is 9.24. The van der Waals surface area contributed by atoms with Crippen LogP contribution < -0.4 is 16.0 Å². The van der Waals surface area contributed by atoms with E-state index in [0.29, 0.717) is 11.4 Å². The Morgan fingerprint density at radius 3 is 2.68 bits per heavy atom. The van der Waals surface area contributed by atoms with Gasteiger partial charge in [0.1, 0.15) is 5.84 Å². The van der Waals surface area contributed by atoms with Crippen LogP contribution in [-0.2, 0) is 0 Å². The second-order valence-electron chi connectivity index (χ2n) is 4.76. The molecule has 0 radical (unpaired) electrons. The number of nitrogens with two attached hydrogens (primary N) is 1. The first-order valence-electron chi connectivity index (χ1n) is 6.63. The van der Waals surface area contributed by atoms with Gasteiger partial charge in [-0.1, -0.05) is 19.3 Å². The number of methoxy groups -OCH3 is 1. The molecule has 1 saturated carbocycles. The summed E-state index contributed by atoms with van der Waals surface area (Å²) in [6.45, 7) is 0. The quantitative estimate of drug-likeness (QED) is 0.382. The van der Waals surface area contributed by atoms with Crippen molar-refractivity contribution in [2.24, 2.45) is 10.8 Å². The summed E-state index contributed by atoms with van der Waals surface area (Å²) in [5, 5.41) is 0. The topological polar surface area (TPSA) is 59.6 Å². The molecule has 1 aliphatic carbocycles. The fourth-order valence-electron chi connectivity index (χ4n) is 2.40. The van der Waals surface area contributed by atoms with Crippen LogP contribution in [0, 0.1) is 5.82 Å². The zero-order valence-electron chi connectivity index (χ0n) is 11.2. The van der Waals surface area contributed by atoms with E-state index in [1.54, 1.807) is 12.1 Å². The molecule has 19 heavy (non-hydrogen) atoms. The number of hydrogen-bond acceptors (Lipinski definition) is 3. The molecular weight excluding hydrogens is 245 g/mol. The van der Waals surface area contributed by atoms with Gasteiger partial charge in [-0.15, -0.1) is 0 Å². The zero-order chi connectivity index (χ0) is 13.7. The lowest BCUT2D eigenvalue weighted by atomic mass is 9.96. The van der Waals surface area contributed by atoms with Gasteiger partial charge in [-0.25, -0.2) is 10.2 Å². The molecule has 0 heterocycles. The van der Waals surface area contributed by atoms with Crippen molar-refractivity contribution in [3.05, 3.63) is 29.6 Å². The highest BCUT2D eigenvalue weighted by atomic mass is 19.1. The summed E-state index contributed by atoms with van der Waals surface area (Å²) in [4.78, 5) is 4.59. The molecule has 0 aliphatic heterocycles. The molecule has 0 saturated heterocycles. The van der Waals surface area contributed by atoms with Crippen molar-refractivity contribution in [2.75, 3.05) is 7.11 Å². The molecule has 0 unspecified atom stereocenters. The van der Waals surface area contributed by atoms with Crippen LogP contribution in [0.25, 0.3) is 0 Å². The van der Waals surface area contributed by atoms with Crippen molar-refractivity contribution in [2.45, 2.75) is 38.1 Å². The SMILES string of the molecule is COc1ccc(C(=NC2CCCCC2)NN)cc1F. The smallest absolute Gasteiger partial charge is 0.165 e. The van der Waals surface area contributed by atoms with E-state index in [1.165, 1.54) is 32.4 Å². The van der Waals surface area contributed by atoms with E-state index in [-0.39, 0.29) is 11.8 Å². The van der Waals surface area contributed by atoms with E-state index in [9.17, 15) is 4.39 Å². The molecular formula is C14H20FN3O. The van der Waals surface area contributed by atoms with Gasteiger partial charge in [0.25, 0.3) is 0 Å². The van der Waals surface area contributed by atoms with E-state index in [2.05, 4.69) is 10.4 Å². The summed E-state index contributed by atoms with van der Waals surface area (Å²) in [6, 6.07) is 5.01. The normalized spacial score (nSPS) is 17.3. The summed E-state index contributed by atoms with van der Waals surface area (Å²) < 4.78 is 18.6. The predicted octanol–water partition coefficient (Wildman–Crippen LogP) is 2.38. The van der Waals surface area contributed by atoms with E-state index >= 15 is 0 Å². The lowest BCUT2D eigenvalue weighted by Gasteiger charge is -2.19. The van der Waals surface area contributed by atoms with Gasteiger partial charge in [0.05, 0.1) is 13.2 Å². The Labute approximate surface area is 112 Å². The standard InChI is InChI=1S/C14H20FN3O/c1-19-13-8-7-10(9-12(13)15)14(18-16)17-11-5-3-2-4-6-11/h7-9,11H,2-6,16H2,1H3,(H,17,18). The lowest BCUT2D eigenvalue weighted by molar-refractivity contribution is 0.386. The van der Waals surface area contributed by atoms with E-state index in [4.69, 9.17) is 10.6 Å². The van der Waals surface area contributed by atoms with Gasteiger partial charge >= 0.3 is 0 Å². The highest BCUT2D eigenvalue weighted by Crippen LogP contribution is 2.22. The molecule has 1 fully saturated rings. The summed E-state index contributed by atoms with van der Waals surface area (Å²) in [5.74, 6) is 5.85. The van der Waals surface area contributed by atoms with Gasteiger partial charge < -0.3 is 10.2 Å². The van der Waals surface area contributed by atoms with Gasteiger partial charge in [0, 0.05) is 5.56 Å². The molecule has 2 rings (SSSR count). The summed E-state index contributed by atoms with van der Waals surface area (Å²) in [6.07, 6.45) is 5.81. The fraction of sp³-hybridized carbons (Fsp3) is 0.500. The second kappa shape index (κ2) is 6.52. The van der Waals surface area contributed by atoms with Crippen molar-refractivity contribution in [3.8, 4) is 5.75 Å². The van der Waals surface area contributed by atoms with Crippen molar-refractivity contribution in [1.29, 1.82) is 0 Å². The number of aliphatic imine (C=N–C) groups is 1. The van der Waals surface area contributed by atoms with Gasteiger partial charge in [-0.2, -0.15) is 0 Å². The Balaban J connectivity index is 2.20. The second-order valence-corrected chi connectivity index (χ2v) is 4.76. The lowest BCUT2D eigenvalue weighted by Crippen LogP contribution is -2.32. The summed E-state index contributed by atoms with van der Waals surface area (Å²) in [7, 11) is 1.44. The van der Waals surface area contributed by atoms with Crippen LogP contribution in [-0.4, -0.2) is 19.0 Å². The first kappa shape index (κ1) is 13.8. The van der Waals surface area contributed by atoms with Crippen molar-refractivity contribution < 1.29 is 9.13 Å². The molecule has 0 bridgehead atoms. The molecule has 4 nitrogen and oxygen atoms in total. The van der Waals surface area contributed by atoms with E-state index < -0.39 is 5.82 Å². The van der Waals surface area contributed by atoms with Gasteiger partial charge in [-0.05, 0) is 31.0 Å². The van der Waals surface area contributed by atoms with E-state index in [0.717, 1.165) is 12.8 Å². The molecule has 0 spiro atoms. The molecule has 5 heteroatoms. The minimum absolute atomic E-state index is 0.220. The molecule has 0 amide bonds. The average molecular weight is 265 g/mol. The number of ether oxygens (including phenoxy) is 1. The van der Waals surface area contributed by atoms with Gasteiger partial charge in [-0.3, -0.25) is 4.99 Å². The molecule has 104 valence electrons. The monoisotopic (exact) mass is 265 g/mol. The summed E-state index contributed by atoms with van der Waals surface area (Å²) >= 11 is 0. The number of amidine groups is 1. The number of hydrazine groups is 1. The number of rotatable bonds is 3. The van der Waals surface area contributed by atoms with E-state index in [1.807, 2.05) is 0 Å². The minimum Gasteiger partial charge on any atom is -0.494 e. The Kier molecular flexibility index (Phi) is 4.74. The van der Waals surface area contributed by atoms with Crippen molar-refractivity contribution in [3.63, 3.8) is 0 Å². The number of nitrogens with one attached hydrogen (secondary N) is 1. The largest absolute Gasteiger partial charge is 0.494 e. The Hall–Kier alpha value is -1.62. The van der Waals surface area contributed by atoms with Gasteiger partial charge in [0.2, 0.25) is 0 Å². The number of benzene rings is 1. The van der Waals surface area contributed by atoms with Crippen LogP contribution >= 0.6 is 0 Å². The third-order valence-corrected chi connectivity index (χ3v) is 3.45. The molecule has 1 aromatic rings. The maximum atomic E-state index is 13.7. The predicted molar refractivity (Wildman–Crippen MR) is 73.7 cm³/mol. The fourth-order valence-corrected chi connectivity index (χ4v) is 2.40. The number of nitrogens with zero attached hydrogens (tertiary/aromatic N) is 1. The molecule has 1 aromatic carbocycles. The van der Waals surface area contributed by atoms with Gasteiger partial charge in [0.15, 0.2) is 11.6 Å². The van der Waals surface area contributed by atoms with Crippen LogP contribution in [0.4, 0.5) is 4.39 Å². The van der Waals surface area contributed by atoms with Crippen LogP contribution in [0.2, 0.25) is 0 Å². The molecule has 0 atom stereocenters. The Bertz CT molecular complexity index is 456. The maximum absolute atomic E-state index is 13.7.